The molecule has 2 aromatic rings. The Kier molecular flexibility index (Phi) is 7.55. The van der Waals surface area contributed by atoms with Crippen molar-refractivity contribution in [2.45, 2.75) is 44.8 Å². The van der Waals surface area contributed by atoms with Crippen molar-refractivity contribution < 1.29 is 19.1 Å². The van der Waals surface area contributed by atoms with E-state index in [2.05, 4.69) is 20.3 Å². The molecule has 0 fully saturated rings. The minimum atomic E-state index is -0.318. The largest absolute Gasteiger partial charge is 0.493 e. The van der Waals surface area contributed by atoms with Gasteiger partial charge in [0.05, 0.1) is 26.4 Å². The summed E-state index contributed by atoms with van der Waals surface area (Å²) in [5.41, 5.74) is 0.372. The maximum atomic E-state index is 12.1. The molecule has 156 valence electrons. The molecule has 0 radical (unpaired) electrons. The van der Waals surface area contributed by atoms with E-state index in [9.17, 15) is 9.59 Å². The zero-order chi connectivity index (χ0) is 21.6. The molecule has 0 aliphatic rings. The fourth-order valence-corrected chi connectivity index (χ4v) is 3.11. The van der Waals surface area contributed by atoms with Gasteiger partial charge in [-0.1, -0.05) is 11.8 Å². The second kappa shape index (κ2) is 9.69. The number of benzene rings is 1. The van der Waals surface area contributed by atoms with E-state index >= 15 is 0 Å². The summed E-state index contributed by atoms with van der Waals surface area (Å²) in [6.07, 6.45) is 0.0879. The van der Waals surface area contributed by atoms with Gasteiger partial charge in [-0.3, -0.25) is 9.59 Å². The van der Waals surface area contributed by atoms with Crippen LogP contribution in [0.25, 0.3) is 11.4 Å². The molecule has 1 aromatic heterocycles. The molecule has 0 atom stereocenters. The Bertz CT molecular complexity index is 897. The van der Waals surface area contributed by atoms with Gasteiger partial charge in [0.25, 0.3) is 0 Å². The van der Waals surface area contributed by atoms with Crippen molar-refractivity contribution >= 4 is 23.5 Å². The second-order valence-corrected chi connectivity index (χ2v) is 8.34. The normalized spacial score (nSPS) is 11.1. The van der Waals surface area contributed by atoms with E-state index in [0.29, 0.717) is 33.9 Å². The van der Waals surface area contributed by atoms with Gasteiger partial charge in [0.15, 0.2) is 22.5 Å². The van der Waals surface area contributed by atoms with Crippen molar-refractivity contribution in [3.05, 3.63) is 24.0 Å². The molecular formula is C20H26N4O4S. The number of nitrogens with zero attached hydrogens (tertiary/aromatic N) is 3. The van der Waals surface area contributed by atoms with Gasteiger partial charge in [0.1, 0.15) is 11.6 Å². The highest BCUT2D eigenvalue weighted by molar-refractivity contribution is 7.99. The van der Waals surface area contributed by atoms with Crippen LogP contribution in [0.15, 0.2) is 23.4 Å². The maximum absolute atomic E-state index is 12.1. The Morgan fingerprint density at radius 3 is 2.34 bits per heavy atom. The van der Waals surface area contributed by atoms with Crippen LogP contribution in [0.4, 0.5) is 0 Å². The Labute approximate surface area is 174 Å². The van der Waals surface area contributed by atoms with E-state index < -0.39 is 0 Å². The molecule has 1 amide bonds. The number of hydrogen-bond donors (Lipinski definition) is 1. The average Bonchev–Trinajstić information content (AvgIpc) is 2.63. The second-order valence-electron chi connectivity index (χ2n) is 7.39. The van der Waals surface area contributed by atoms with Crippen LogP contribution < -0.4 is 14.8 Å². The minimum absolute atomic E-state index is 0.0594. The van der Waals surface area contributed by atoms with Crippen LogP contribution in [0.2, 0.25) is 0 Å². The summed E-state index contributed by atoms with van der Waals surface area (Å²) in [4.78, 5) is 36.9. The molecule has 8 nitrogen and oxygen atoms in total. The molecular weight excluding hydrogens is 392 g/mol. The Hall–Kier alpha value is -2.68. The number of nitrogens with one attached hydrogen (secondary N) is 1. The predicted octanol–water partition coefficient (Wildman–Crippen LogP) is 2.69. The fourth-order valence-electron chi connectivity index (χ4n) is 2.45. The van der Waals surface area contributed by atoms with E-state index in [0.717, 1.165) is 0 Å². The highest BCUT2D eigenvalue weighted by atomic mass is 32.2. The van der Waals surface area contributed by atoms with Crippen LogP contribution >= 0.6 is 11.8 Å². The van der Waals surface area contributed by atoms with Crippen molar-refractivity contribution in [1.82, 2.24) is 20.3 Å². The van der Waals surface area contributed by atoms with E-state index in [1.165, 1.54) is 18.7 Å². The summed E-state index contributed by atoms with van der Waals surface area (Å²) in [7, 11) is 3.11. The van der Waals surface area contributed by atoms with Crippen LogP contribution in [0.3, 0.4) is 0 Å². The Morgan fingerprint density at radius 1 is 1.07 bits per heavy atom. The van der Waals surface area contributed by atoms with Crippen molar-refractivity contribution in [3.8, 4) is 22.9 Å². The standard InChI is InChI=1S/C20H26N4O4S/c1-12(25)9-16-21-18(13-7-8-14(27-5)15(10-13)28-6)23-19(22-16)29-11-17(26)24-20(2,3)4/h7-8,10H,9,11H2,1-6H3,(H,24,26). The predicted molar refractivity (Wildman–Crippen MR) is 111 cm³/mol. The first kappa shape index (κ1) is 22.6. The zero-order valence-corrected chi connectivity index (χ0v) is 18.3. The van der Waals surface area contributed by atoms with Gasteiger partial charge < -0.3 is 14.8 Å². The SMILES string of the molecule is COc1ccc(-c2nc(CC(C)=O)nc(SCC(=O)NC(C)(C)C)n2)cc1OC. The van der Waals surface area contributed by atoms with E-state index in [1.54, 1.807) is 32.4 Å². The van der Waals surface area contributed by atoms with Gasteiger partial charge in [0.2, 0.25) is 5.91 Å². The molecule has 1 N–H and O–H groups in total. The molecule has 0 bridgehead atoms. The lowest BCUT2D eigenvalue weighted by molar-refractivity contribution is -0.120. The molecule has 9 heteroatoms. The highest BCUT2D eigenvalue weighted by Gasteiger charge is 2.17. The molecule has 0 saturated carbocycles. The van der Waals surface area contributed by atoms with Crippen LogP contribution in [0.5, 0.6) is 11.5 Å². The summed E-state index contributed by atoms with van der Waals surface area (Å²) >= 11 is 1.20. The lowest BCUT2D eigenvalue weighted by Gasteiger charge is -2.20. The number of carbonyl (C=O) groups excluding carboxylic acids is 2. The van der Waals surface area contributed by atoms with Gasteiger partial charge >= 0.3 is 0 Å². The molecule has 0 aliphatic carbocycles. The molecule has 29 heavy (non-hydrogen) atoms. The first-order chi connectivity index (χ1) is 13.6. The van der Waals surface area contributed by atoms with Crippen molar-refractivity contribution in [2.75, 3.05) is 20.0 Å². The number of rotatable bonds is 8. The molecule has 0 saturated heterocycles. The third kappa shape index (κ3) is 7.01. The number of hydrogen-bond acceptors (Lipinski definition) is 8. The number of thioether (sulfide) groups is 1. The third-order valence-corrected chi connectivity index (χ3v) is 4.40. The number of ether oxygens (including phenoxy) is 2. The van der Waals surface area contributed by atoms with Crippen LogP contribution in [-0.4, -0.2) is 52.2 Å². The van der Waals surface area contributed by atoms with Crippen LogP contribution in [-0.2, 0) is 16.0 Å². The van der Waals surface area contributed by atoms with E-state index in [4.69, 9.17) is 9.47 Å². The maximum Gasteiger partial charge on any atom is 0.230 e. The molecule has 1 heterocycles. The third-order valence-electron chi connectivity index (χ3n) is 3.56. The molecule has 2 rings (SSSR count). The number of methoxy groups -OCH3 is 2. The average molecular weight is 419 g/mol. The van der Waals surface area contributed by atoms with Crippen molar-refractivity contribution in [3.63, 3.8) is 0 Å². The summed E-state index contributed by atoms with van der Waals surface area (Å²) < 4.78 is 10.6. The lowest BCUT2D eigenvalue weighted by Crippen LogP contribution is -2.41. The highest BCUT2D eigenvalue weighted by Crippen LogP contribution is 2.31. The Morgan fingerprint density at radius 2 is 1.76 bits per heavy atom. The topological polar surface area (TPSA) is 103 Å². The zero-order valence-electron chi connectivity index (χ0n) is 17.5. The summed E-state index contributed by atoms with van der Waals surface area (Å²) in [5.74, 6) is 1.86. The number of amides is 1. The van der Waals surface area contributed by atoms with Gasteiger partial charge in [0, 0.05) is 11.1 Å². The molecule has 1 aromatic carbocycles. The molecule has 0 unspecified atom stereocenters. The Balaban J connectivity index is 2.34. The summed E-state index contributed by atoms with van der Waals surface area (Å²) in [6, 6.07) is 5.31. The van der Waals surface area contributed by atoms with Gasteiger partial charge in [-0.15, -0.1) is 0 Å². The van der Waals surface area contributed by atoms with Gasteiger partial charge in [-0.2, -0.15) is 0 Å². The van der Waals surface area contributed by atoms with Crippen LogP contribution in [0.1, 0.15) is 33.5 Å². The monoisotopic (exact) mass is 418 g/mol. The van der Waals surface area contributed by atoms with Gasteiger partial charge in [-0.25, -0.2) is 15.0 Å². The number of ketones is 1. The number of carbonyl (C=O) groups is 2. The first-order valence-corrected chi connectivity index (χ1v) is 10.0. The van der Waals surface area contributed by atoms with Crippen LogP contribution in [0, 0.1) is 0 Å². The van der Waals surface area contributed by atoms with Crippen molar-refractivity contribution in [2.24, 2.45) is 0 Å². The summed E-state index contributed by atoms with van der Waals surface area (Å²) in [6.45, 7) is 7.22. The number of aromatic nitrogens is 3. The lowest BCUT2D eigenvalue weighted by atomic mass is 10.1. The van der Waals surface area contributed by atoms with E-state index in [-0.39, 0.29) is 29.4 Å². The molecule has 0 aliphatic heterocycles. The smallest absolute Gasteiger partial charge is 0.230 e. The molecule has 0 spiro atoms. The fraction of sp³-hybridized carbons (Fsp3) is 0.450. The quantitative estimate of drug-likeness (QED) is 0.653. The summed E-state index contributed by atoms with van der Waals surface area (Å²) in [5, 5.41) is 3.27. The van der Waals surface area contributed by atoms with Crippen molar-refractivity contribution in [1.29, 1.82) is 0 Å². The van der Waals surface area contributed by atoms with Gasteiger partial charge in [-0.05, 0) is 45.9 Å². The minimum Gasteiger partial charge on any atom is -0.493 e. The first-order valence-electron chi connectivity index (χ1n) is 9.02. The van der Waals surface area contributed by atoms with E-state index in [1.807, 2.05) is 20.8 Å². The number of Topliss-reactive ketones (excluding diaryl/α,β-unsaturated/α-hetero) is 1.